The fraction of sp³-hybridized carbons (Fsp3) is 0.143. The lowest BCUT2D eigenvalue weighted by molar-refractivity contribution is 0.840. The molecule has 0 unspecified atom stereocenters. The summed E-state index contributed by atoms with van der Waals surface area (Å²) in [6.45, 7) is 0. The van der Waals surface area contributed by atoms with E-state index in [1.807, 2.05) is 0 Å². The first-order valence-electron chi connectivity index (χ1n) is 5.86. The Bertz CT molecular complexity index is 615. The average molecular weight is 385 g/mol. The summed E-state index contributed by atoms with van der Waals surface area (Å²) in [5.74, 6) is -0.554. The number of alkyl halides is 3. The molecule has 112 valence electrons. The van der Waals surface area contributed by atoms with Crippen LogP contribution in [0.15, 0.2) is 36.4 Å². The van der Waals surface area contributed by atoms with Crippen LogP contribution in [0.2, 0.25) is 10.0 Å². The highest BCUT2D eigenvalue weighted by Crippen LogP contribution is 2.47. The Morgan fingerprint density at radius 3 is 1.43 bits per heavy atom. The van der Waals surface area contributed by atoms with Crippen LogP contribution in [-0.2, 0) is 0 Å². The zero-order valence-corrected chi connectivity index (χ0v) is 14.4. The van der Waals surface area contributed by atoms with Crippen LogP contribution in [0.1, 0.15) is 17.0 Å². The first kappa shape index (κ1) is 16.9. The number of nitrogens with two attached hydrogens (primary N) is 2. The molecule has 0 amide bonds. The van der Waals surface area contributed by atoms with E-state index in [1.165, 1.54) is 0 Å². The summed E-state index contributed by atoms with van der Waals surface area (Å²) >= 11 is 30.3. The lowest BCUT2D eigenvalue weighted by Crippen LogP contribution is -2.19. The predicted molar refractivity (Wildman–Crippen MR) is 93.9 cm³/mol. The van der Waals surface area contributed by atoms with Crippen LogP contribution >= 0.6 is 58.0 Å². The molecule has 4 N–H and O–H groups in total. The van der Waals surface area contributed by atoms with Gasteiger partial charge in [0.05, 0.1) is 27.3 Å². The average Bonchev–Trinajstić information content (AvgIpc) is 2.37. The Hall–Kier alpha value is -0.510. The Morgan fingerprint density at radius 1 is 0.762 bits per heavy atom. The number of rotatable bonds is 2. The minimum atomic E-state index is -1.58. The molecule has 0 spiro atoms. The highest BCUT2D eigenvalue weighted by molar-refractivity contribution is 6.68. The topological polar surface area (TPSA) is 52.0 Å². The van der Waals surface area contributed by atoms with Gasteiger partial charge in [0.2, 0.25) is 3.79 Å². The first-order chi connectivity index (χ1) is 9.70. The summed E-state index contributed by atoms with van der Waals surface area (Å²) in [6, 6.07) is 10.2. The molecule has 0 aliphatic carbocycles. The second kappa shape index (κ2) is 6.31. The van der Waals surface area contributed by atoms with Crippen molar-refractivity contribution in [3.63, 3.8) is 0 Å². The van der Waals surface area contributed by atoms with E-state index in [1.54, 1.807) is 36.4 Å². The van der Waals surface area contributed by atoms with Crippen LogP contribution in [-0.4, -0.2) is 3.79 Å². The summed E-state index contributed by atoms with van der Waals surface area (Å²) in [6.07, 6.45) is 0. The molecule has 7 heteroatoms. The minimum absolute atomic E-state index is 0.412. The number of anilines is 2. The maximum absolute atomic E-state index is 6.14. The number of hydrogen-bond donors (Lipinski definition) is 2. The van der Waals surface area contributed by atoms with Crippen LogP contribution in [0.25, 0.3) is 0 Å². The smallest absolute Gasteiger partial charge is 0.201 e. The molecule has 0 aliphatic rings. The SMILES string of the molecule is Nc1cc(C(c2ccc(Cl)c(N)c2)C(Cl)(Cl)Cl)ccc1Cl. The minimum Gasteiger partial charge on any atom is -0.398 e. The van der Waals surface area contributed by atoms with Crippen molar-refractivity contribution >= 4 is 69.4 Å². The van der Waals surface area contributed by atoms with Gasteiger partial charge < -0.3 is 11.5 Å². The molecular weight excluding hydrogens is 373 g/mol. The highest BCUT2D eigenvalue weighted by atomic mass is 35.6. The monoisotopic (exact) mass is 382 g/mol. The van der Waals surface area contributed by atoms with Gasteiger partial charge in [-0.1, -0.05) is 70.1 Å². The van der Waals surface area contributed by atoms with Crippen molar-refractivity contribution in [3.05, 3.63) is 57.6 Å². The van der Waals surface area contributed by atoms with E-state index >= 15 is 0 Å². The molecule has 2 aromatic carbocycles. The summed E-state index contributed by atoms with van der Waals surface area (Å²) in [5, 5.41) is 0.884. The molecule has 0 saturated heterocycles. The molecule has 0 fully saturated rings. The normalized spacial score (nSPS) is 11.9. The van der Waals surface area contributed by atoms with Gasteiger partial charge in [-0.15, -0.1) is 0 Å². The van der Waals surface area contributed by atoms with E-state index in [0.29, 0.717) is 21.4 Å². The molecule has 0 aromatic heterocycles. The zero-order chi connectivity index (χ0) is 15.8. The van der Waals surface area contributed by atoms with Crippen molar-refractivity contribution in [1.29, 1.82) is 0 Å². The Kier molecular flexibility index (Phi) is 5.07. The van der Waals surface area contributed by atoms with Gasteiger partial charge in [0.25, 0.3) is 0 Å². The van der Waals surface area contributed by atoms with Gasteiger partial charge >= 0.3 is 0 Å². The Balaban J connectivity index is 2.58. The molecule has 0 radical (unpaired) electrons. The molecule has 0 bridgehead atoms. The van der Waals surface area contributed by atoms with Crippen LogP contribution < -0.4 is 11.5 Å². The van der Waals surface area contributed by atoms with Gasteiger partial charge in [-0.2, -0.15) is 0 Å². The van der Waals surface area contributed by atoms with Gasteiger partial charge in [-0.05, 0) is 35.4 Å². The lowest BCUT2D eigenvalue weighted by Gasteiger charge is -2.26. The molecule has 0 atom stereocenters. The molecule has 0 aliphatic heterocycles. The third kappa shape index (κ3) is 3.82. The summed E-state index contributed by atoms with van der Waals surface area (Å²) < 4.78 is -1.58. The second-order valence-electron chi connectivity index (χ2n) is 4.54. The maximum atomic E-state index is 6.14. The van der Waals surface area contributed by atoms with Gasteiger partial charge in [-0.25, -0.2) is 0 Å². The van der Waals surface area contributed by atoms with Crippen molar-refractivity contribution in [2.45, 2.75) is 9.71 Å². The highest BCUT2D eigenvalue weighted by Gasteiger charge is 2.35. The predicted octanol–water partition coefficient (Wildman–Crippen LogP) is 5.66. The van der Waals surface area contributed by atoms with Gasteiger partial charge in [0.1, 0.15) is 0 Å². The fourth-order valence-electron chi connectivity index (χ4n) is 2.05. The zero-order valence-electron chi connectivity index (χ0n) is 10.6. The maximum Gasteiger partial charge on any atom is 0.201 e. The van der Waals surface area contributed by atoms with Gasteiger partial charge in [-0.3, -0.25) is 0 Å². The molecule has 2 rings (SSSR count). The van der Waals surface area contributed by atoms with Crippen LogP contribution in [0.3, 0.4) is 0 Å². The Morgan fingerprint density at radius 2 is 1.14 bits per heavy atom. The van der Waals surface area contributed by atoms with Crippen LogP contribution in [0.4, 0.5) is 11.4 Å². The summed E-state index contributed by atoms with van der Waals surface area (Å²) in [4.78, 5) is 0. The number of halogens is 5. The van der Waals surface area contributed by atoms with Crippen LogP contribution in [0.5, 0.6) is 0 Å². The standard InChI is InChI=1S/C14H11Cl5N2/c15-9-3-1-7(5-11(9)20)13(14(17,18)19)8-2-4-10(16)12(21)6-8/h1-6,13H,20-21H2. The first-order valence-corrected chi connectivity index (χ1v) is 7.75. The fourth-order valence-corrected chi connectivity index (χ4v) is 3.05. The molecular formula is C14H11Cl5N2. The number of nitrogen functional groups attached to an aromatic ring is 2. The van der Waals surface area contributed by atoms with Crippen molar-refractivity contribution < 1.29 is 0 Å². The van der Waals surface area contributed by atoms with E-state index in [0.717, 1.165) is 11.1 Å². The van der Waals surface area contributed by atoms with E-state index in [9.17, 15) is 0 Å². The second-order valence-corrected chi connectivity index (χ2v) is 7.72. The van der Waals surface area contributed by atoms with Crippen LogP contribution in [0, 0.1) is 0 Å². The van der Waals surface area contributed by atoms with Crippen molar-refractivity contribution in [2.75, 3.05) is 11.5 Å². The van der Waals surface area contributed by atoms with Gasteiger partial charge in [0.15, 0.2) is 0 Å². The third-order valence-corrected chi connectivity index (χ3v) is 4.38. The van der Waals surface area contributed by atoms with Crippen molar-refractivity contribution in [3.8, 4) is 0 Å². The van der Waals surface area contributed by atoms with E-state index in [-0.39, 0.29) is 0 Å². The quantitative estimate of drug-likeness (QED) is 0.518. The van der Waals surface area contributed by atoms with Gasteiger partial charge in [0, 0.05) is 0 Å². The Labute approximate surface area is 147 Å². The van der Waals surface area contributed by atoms with Crippen molar-refractivity contribution in [1.82, 2.24) is 0 Å². The summed E-state index contributed by atoms with van der Waals surface area (Å²) in [7, 11) is 0. The number of benzene rings is 2. The summed E-state index contributed by atoms with van der Waals surface area (Å²) in [5.41, 5.74) is 13.9. The molecule has 2 aromatic rings. The number of hydrogen-bond acceptors (Lipinski definition) is 2. The third-order valence-electron chi connectivity index (χ3n) is 3.03. The molecule has 21 heavy (non-hydrogen) atoms. The molecule has 0 saturated carbocycles. The van der Waals surface area contributed by atoms with Crippen molar-refractivity contribution in [2.24, 2.45) is 0 Å². The lowest BCUT2D eigenvalue weighted by atomic mass is 9.92. The molecule has 0 heterocycles. The molecule has 2 nitrogen and oxygen atoms in total. The van der Waals surface area contributed by atoms with E-state index < -0.39 is 9.71 Å². The largest absolute Gasteiger partial charge is 0.398 e. The van der Waals surface area contributed by atoms with E-state index in [2.05, 4.69) is 0 Å². The van der Waals surface area contributed by atoms with E-state index in [4.69, 9.17) is 69.5 Å².